The summed E-state index contributed by atoms with van der Waals surface area (Å²) >= 11 is 2.36. The maximum atomic E-state index is 2.44. The first-order chi connectivity index (χ1) is 10.9. The SMILES string of the molecule is CC1=C[C]([Ti+3])(C(c2cccc(C)c2)c2cccc(C)c2)C=C1C.[Cl-].[Cl-].[Cl-]. The molecule has 0 heterocycles. The Hall–Kier alpha value is -0.496. The van der Waals surface area contributed by atoms with E-state index >= 15 is 0 Å². The van der Waals surface area contributed by atoms with Crippen molar-refractivity contribution in [2.75, 3.05) is 0 Å². The molecule has 0 spiro atoms. The molecule has 0 atom stereocenters. The molecule has 1 aliphatic rings. The van der Waals surface area contributed by atoms with Crippen molar-refractivity contribution in [3.63, 3.8) is 0 Å². The molecule has 0 aliphatic heterocycles. The van der Waals surface area contributed by atoms with Crippen LogP contribution in [0.3, 0.4) is 0 Å². The molecular weight excluding hydrogens is 418 g/mol. The molecule has 26 heavy (non-hydrogen) atoms. The maximum Gasteiger partial charge on any atom is -1.00 e. The van der Waals surface area contributed by atoms with Crippen molar-refractivity contribution in [2.45, 2.75) is 37.3 Å². The summed E-state index contributed by atoms with van der Waals surface area (Å²) in [7, 11) is 0. The van der Waals surface area contributed by atoms with Crippen molar-refractivity contribution in [3.8, 4) is 0 Å². The van der Waals surface area contributed by atoms with Crippen molar-refractivity contribution in [1.82, 2.24) is 0 Å². The van der Waals surface area contributed by atoms with Crippen LogP contribution in [-0.2, 0) is 20.4 Å². The summed E-state index contributed by atoms with van der Waals surface area (Å²) in [6, 6.07) is 17.9. The van der Waals surface area contributed by atoms with Crippen molar-refractivity contribution < 1.29 is 57.7 Å². The van der Waals surface area contributed by atoms with Crippen LogP contribution in [0.25, 0.3) is 0 Å². The van der Waals surface area contributed by atoms with E-state index in [0.29, 0.717) is 5.92 Å². The van der Waals surface area contributed by atoms with Gasteiger partial charge in [0.05, 0.1) is 0 Å². The largest absolute Gasteiger partial charge is 1.00 e. The second-order valence-electron chi connectivity index (χ2n) is 6.85. The van der Waals surface area contributed by atoms with Crippen LogP contribution in [0.1, 0.15) is 42.0 Å². The monoisotopic (exact) mass is 440 g/mol. The number of allylic oxidation sites excluding steroid dienone is 4. The van der Waals surface area contributed by atoms with E-state index in [-0.39, 0.29) is 40.9 Å². The van der Waals surface area contributed by atoms with Gasteiger partial charge in [-0.15, -0.1) is 0 Å². The van der Waals surface area contributed by atoms with Gasteiger partial charge in [0, 0.05) is 0 Å². The Morgan fingerprint density at radius 1 is 0.692 bits per heavy atom. The zero-order valence-corrected chi connectivity index (χ0v) is 19.3. The van der Waals surface area contributed by atoms with Gasteiger partial charge in [0.1, 0.15) is 0 Å². The average Bonchev–Trinajstić information content (AvgIpc) is 2.72. The zero-order chi connectivity index (χ0) is 16.6. The van der Waals surface area contributed by atoms with Crippen LogP contribution >= 0.6 is 0 Å². The van der Waals surface area contributed by atoms with Crippen molar-refractivity contribution in [2.24, 2.45) is 0 Å². The van der Waals surface area contributed by atoms with Crippen LogP contribution in [0, 0.1) is 13.8 Å². The van der Waals surface area contributed by atoms with E-state index in [2.05, 4.69) is 109 Å². The van der Waals surface area contributed by atoms with Gasteiger partial charge >= 0.3 is 152 Å². The van der Waals surface area contributed by atoms with Crippen LogP contribution in [-0.4, -0.2) is 0 Å². The summed E-state index contributed by atoms with van der Waals surface area (Å²) < 4.78 is 0.0236. The van der Waals surface area contributed by atoms with Gasteiger partial charge in [-0.25, -0.2) is 0 Å². The predicted molar refractivity (Wildman–Crippen MR) is 94.4 cm³/mol. The van der Waals surface area contributed by atoms with Crippen LogP contribution in [0.4, 0.5) is 0 Å². The van der Waals surface area contributed by atoms with Gasteiger partial charge in [-0.05, 0) is 0 Å². The van der Waals surface area contributed by atoms with E-state index < -0.39 is 0 Å². The summed E-state index contributed by atoms with van der Waals surface area (Å²) in [5.41, 5.74) is 8.24. The van der Waals surface area contributed by atoms with Crippen LogP contribution < -0.4 is 37.2 Å². The molecule has 0 saturated heterocycles. The second-order valence-corrected chi connectivity index (χ2v) is 8.20. The smallest absolute Gasteiger partial charge is 1.00 e. The van der Waals surface area contributed by atoms with E-state index in [0.717, 1.165) is 0 Å². The molecule has 2 aromatic rings. The molecule has 0 aromatic heterocycles. The topological polar surface area (TPSA) is 0 Å². The molecule has 0 unspecified atom stereocenters. The van der Waals surface area contributed by atoms with E-state index in [4.69, 9.17) is 0 Å². The Balaban J connectivity index is 0.00000208. The second kappa shape index (κ2) is 10.2. The quantitative estimate of drug-likeness (QED) is 0.447. The third kappa shape index (κ3) is 5.27. The maximum absolute atomic E-state index is 2.44. The van der Waals surface area contributed by atoms with Crippen LogP contribution in [0.2, 0.25) is 3.72 Å². The molecule has 0 bridgehead atoms. The van der Waals surface area contributed by atoms with E-state index in [1.165, 1.54) is 33.4 Å². The fraction of sp³-hybridized carbons (Fsp3) is 0.273. The van der Waals surface area contributed by atoms with E-state index in [1.807, 2.05) is 0 Å². The summed E-state index contributed by atoms with van der Waals surface area (Å²) in [6.07, 6.45) is 4.88. The third-order valence-corrected chi connectivity index (χ3v) is 5.66. The molecule has 4 heteroatoms. The number of benzene rings is 2. The Morgan fingerprint density at radius 2 is 1.08 bits per heavy atom. The Labute approximate surface area is 188 Å². The van der Waals surface area contributed by atoms with Gasteiger partial charge in [-0.1, -0.05) is 0 Å². The summed E-state index contributed by atoms with van der Waals surface area (Å²) in [5.74, 6) is 0.342. The number of aryl methyl sites for hydroxylation is 2. The van der Waals surface area contributed by atoms with Crippen LogP contribution in [0.15, 0.2) is 71.8 Å². The van der Waals surface area contributed by atoms with E-state index in [1.54, 1.807) is 0 Å². The number of hydrogen-bond acceptors (Lipinski definition) is 0. The minimum absolute atomic E-state index is 0. The first-order valence-corrected chi connectivity index (χ1v) is 8.94. The standard InChI is InChI=1S/C22H23.3ClH.Ti/c1-15-7-5-9-19(11-15)22(20-10-6-8-16(2)12-20)21-13-17(3)18(4)14-21;;;;/h5-14,22H,1-4H3;3*1H;/q;;;;+3/p-3. The van der Waals surface area contributed by atoms with Crippen molar-refractivity contribution in [1.29, 1.82) is 0 Å². The van der Waals surface area contributed by atoms with Gasteiger partial charge in [0.15, 0.2) is 0 Å². The number of hydrogen-bond donors (Lipinski definition) is 0. The summed E-state index contributed by atoms with van der Waals surface area (Å²) in [5, 5.41) is 0. The van der Waals surface area contributed by atoms with Crippen molar-refractivity contribution >= 4 is 0 Å². The van der Waals surface area contributed by atoms with E-state index in [9.17, 15) is 0 Å². The molecule has 0 amide bonds. The normalized spacial score (nSPS) is 14.6. The molecule has 2 aromatic carbocycles. The first kappa shape index (κ1) is 25.5. The molecule has 0 radical (unpaired) electrons. The first-order valence-electron chi connectivity index (χ1n) is 8.16. The summed E-state index contributed by atoms with van der Waals surface area (Å²) in [6.45, 7) is 8.80. The third-order valence-electron chi connectivity index (χ3n) is 4.76. The fourth-order valence-electron chi connectivity index (χ4n) is 3.60. The van der Waals surface area contributed by atoms with Gasteiger partial charge in [-0.2, -0.15) is 0 Å². The van der Waals surface area contributed by atoms with Gasteiger partial charge < -0.3 is 37.2 Å². The van der Waals surface area contributed by atoms with Crippen molar-refractivity contribution in [3.05, 3.63) is 94.1 Å². The zero-order valence-electron chi connectivity index (χ0n) is 15.5. The van der Waals surface area contributed by atoms with Gasteiger partial charge in [0.2, 0.25) is 0 Å². The number of halogens is 3. The fourth-order valence-corrected chi connectivity index (χ4v) is 4.79. The Morgan fingerprint density at radius 3 is 1.42 bits per heavy atom. The molecule has 136 valence electrons. The molecule has 0 saturated carbocycles. The molecule has 0 N–H and O–H groups in total. The molecule has 3 rings (SSSR count). The Bertz CT molecular complexity index is 745. The molecular formula is C22H23Cl3Ti. The van der Waals surface area contributed by atoms with Gasteiger partial charge in [0.25, 0.3) is 0 Å². The molecule has 1 aliphatic carbocycles. The summed E-state index contributed by atoms with van der Waals surface area (Å²) in [4.78, 5) is 0. The van der Waals surface area contributed by atoms with Gasteiger partial charge in [-0.3, -0.25) is 0 Å². The average molecular weight is 442 g/mol. The number of rotatable bonds is 3. The van der Waals surface area contributed by atoms with Crippen LogP contribution in [0.5, 0.6) is 0 Å². The Kier molecular flexibility index (Phi) is 9.97. The molecule has 0 nitrogen and oxygen atoms in total. The predicted octanol–water partition coefficient (Wildman–Crippen LogP) is -2.94. The minimum Gasteiger partial charge on any atom is -1.00 e. The molecule has 0 fully saturated rings. The minimum atomic E-state index is 0.